The van der Waals surface area contributed by atoms with E-state index in [4.69, 9.17) is 4.74 Å². The van der Waals surface area contributed by atoms with Gasteiger partial charge in [0.15, 0.2) is 0 Å². The zero-order valence-corrected chi connectivity index (χ0v) is 13.0. The molecule has 0 radical (unpaired) electrons. The van der Waals surface area contributed by atoms with Crippen molar-refractivity contribution in [2.45, 2.75) is 38.6 Å². The van der Waals surface area contributed by atoms with Gasteiger partial charge >= 0.3 is 6.03 Å². The van der Waals surface area contributed by atoms with Crippen molar-refractivity contribution in [2.75, 3.05) is 11.9 Å². The Kier molecular flexibility index (Phi) is 4.66. The molecule has 3 atom stereocenters. The van der Waals surface area contributed by atoms with Gasteiger partial charge in [-0.1, -0.05) is 25.5 Å². The zero-order chi connectivity index (χ0) is 15.4. The van der Waals surface area contributed by atoms with Gasteiger partial charge in [-0.05, 0) is 55.4 Å². The fraction of sp³-hybridized carbons (Fsp3) is 0.500. The van der Waals surface area contributed by atoms with Gasteiger partial charge in [0, 0.05) is 11.7 Å². The molecule has 2 amide bonds. The molecule has 2 aliphatic carbocycles. The molecule has 1 aromatic carbocycles. The summed E-state index contributed by atoms with van der Waals surface area (Å²) in [5, 5.41) is 5.98. The number of fused-ring (bicyclic) bond motifs is 2. The molecule has 0 aromatic heterocycles. The second-order valence-electron chi connectivity index (χ2n) is 6.21. The SMILES string of the molecule is CCCCOc1ccc(NC(=O)NC2CC3C=CC2C3)cc1. The fourth-order valence-electron chi connectivity index (χ4n) is 3.25. The van der Waals surface area contributed by atoms with Gasteiger partial charge in [-0.25, -0.2) is 4.79 Å². The highest BCUT2D eigenvalue weighted by atomic mass is 16.5. The van der Waals surface area contributed by atoms with Crippen LogP contribution in [0, 0.1) is 11.8 Å². The Balaban J connectivity index is 1.46. The normalized spacial score (nSPS) is 25.2. The fourth-order valence-corrected chi connectivity index (χ4v) is 3.25. The maximum Gasteiger partial charge on any atom is 0.319 e. The van der Waals surface area contributed by atoms with Crippen molar-refractivity contribution in [1.29, 1.82) is 0 Å². The van der Waals surface area contributed by atoms with Crippen molar-refractivity contribution in [2.24, 2.45) is 11.8 Å². The largest absolute Gasteiger partial charge is 0.494 e. The van der Waals surface area contributed by atoms with Gasteiger partial charge < -0.3 is 15.4 Å². The van der Waals surface area contributed by atoms with E-state index in [1.807, 2.05) is 24.3 Å². The lowest BCUT2D eigenvalue weighted by Crippen LogP contribution is -2.40. The van der Waals surface area contributed by atoms with Crippen LogP contribution in [0.3, 0.4) is 0 Å². The average molecular weight is 300 g/mol. The van der Waals surface area contributed by atoms with Gasteiger partial charge in [0.05, 0.1) is 6.61 Å². The second-order valence-corrected chi connectivity index (χ2v) is 6.21. The van der Waals surface area contributed by atoms with Crippen LogP contribution in [-0.2, 0) is 0 Å². The van der Waals surface area contributed by atoms with Crippen LogP contribution in [0.2, 0.25) is 0 Å². The third-order valence-electron chi connectivity index (χ3n) is 4.47. The summed E-state index contributed by atoms with van der Waals surface area (Å²) in [6, 6.07) is 7.71. The first kappa shape index (κ1) is 14.9. The molecule has 22 heavy (non-hydrogen) atoms. The zero-order valence-electron chi connectivity index (χ0n) is 13.0. The van der Waals surface area contributed by atoms with Gasteiger partial charge in [-0.15, -0.1) is 0 Å². The molecular formula is C18H24N2O2. The summed E-state index contributed by atoms with van der Waals surface area (Å²) >= 11 is 0. The average Bonchev–Trinajstić information content (AvgIpc) is 3.12. The van der Waals surface area contributed by atoms with Crippen LogP contribution in [0.5, 0.6) is 5.75 Å². The van der Waals surface area contributed by atoms with Crippen molar-refractivity contribution < 1.29 is 9.53 Å². The van der Waals surface area contributed by atoms with Crippen molar-refractivity contribution in [3.63, 3.8) is 0 Å². The van der Waals surface area contributed by atoms with Crippen LogP contribution in [-0.4, -0.2) is 18.7 Å². The molecule has 0 heterocycles. The molecule has 3 rings (SSSR count). The maximum absolute atomic E-state index is 12.1. The summed E-state index contributed by atoms with van der Waals surface area (Å²) in [6.07, 6.45) is 8.95. The Morgan fingerprint density at radius 1 is 1.23 bits per heavy atom. The molecule has 1 aromatic rings. The molecule has 2 bridgehead atoms. The maximum atomic E-state index is 12.1. The number of hydrogen-bond donors (Lipinski definition) is 2. The monoisotopic (exact) mass is 300 g/mol. The molecule has 2 aliphatic rings. The standard InChI is InChI=1S/C18H24N2O2/c1-2-3-10-22-16-8-6-15(7-9-16)19-18(21)20-17-12-13-4-5-14(17)11-13/h4-9,13-14,17H,2-3,10-12H2,1H3,(H2,19,20,21). The van der Waals surface area contributed by atoms with E-state index in [1.165, 1.54) is 6.42 Å². The van der Waals surface area contributed by atoms with Crippen molar-refractivity contribution in [3.05, 3.63) is 36.4 Å². The van der Waals surface area contributed by atoms with Crippen LogP contribution in [0.15, 0.2) is 36.4 Å². The van der Waals surface area contributed by atoms with Gasteiger partial charge in [0.25, 0.3) is 0 Å². The minimum Gasteiger partial charge on any atom is -0.494 e. The summed E-state index contributed by atoms with van der Waals surface area (Å²) < 4.78 is 5.61. The predicted octanol–water partition coefficient (Wildman–Crippen LogP) is 3.95. The molecule has 0 spiro atoms. The Morgan fingerprint density at radius 2 is 2.05 bits per heavy atom. The number of allylic oxidation sites excluding steroid dienone is 1. The van der Waals surface area contributed by atoms with Gasteiger partial charge in [0.1, 0.15) is 5.75 Å². The molecule has 1 fully saturated rings. The van der Waals surface area contributed by atoms with Crippen molar-refractivity contribution in [1.82, 2.24) is 5.32 Å². The van der Waals surface area contributed by atoms with E-state index in [9.17, 15) is 4.79 Å². The lowest BCUT2D eigenvalue weighted by Gasteiger charge is -2.20. The summed E-state index contributed by atoms with van der Waals surface area (Å²) in [7, 11) is 0. The molecule has 118 valence electrons. The van der Waals surface area contributed by atoms with Crippen LogP contribution in [0.1, 0.15) is 32.6 Å². The van der Waals surface area contributed by atoms with E-state index in [1.54, 1.807) is 0 Å². The smallest absolute Gasteiger partial charge is 0.319 e. The minimum atomic E-state index is -0.120. The number of hydrogen-bond acceptors (Lipinski definition) is 2. The number of carbonyl (C=O) groups is 1. The topological polar surface area (TPSA) is 50.4 Å². The Bertz CT molecular complexity index is 539. The van der Waals surface area contributed by atoms with Gasteiger partial charge in [-0.3, -0.25) is 0 Å². The molecule has 1 saturated carbocycles. The third-order valence-corrected chi connectivity index (χ3v) is 4.47. The molecule has 3 unspecified atom stereocenters. The first-order valence-electron chi connectivity index (χ1n) is 8.23. The van der Waals surface area contributed by atoms with E-state index in [-0.39, 0.29) is 12.1 Å². The summed E-state index contributed by atoms with van der Waals surface area (Å²) in [5.41, 5.74) is 0.791. The van der Waals surface area contributed by atoms with E-state index in [0.29, 0.717) is 11.8 Å². The summed E-state index contributed by atoms with van der Waals surface area (Å²) in [5.74, 6) is 2.03. The lowest BCUT2D eigenvalue weighted by atomic mass is 10.0. The second kappa shape index (κ2) is 6.86. The molecule has 0 aliphatic heterocycles. The van der Waals surface area contributed by atoms with Crippen LogP contribution in [0.25, 0.3) is 0 Å². The number of unbranched alkanes of at least 4 members (excludes halogenated alkanes) is 1. The van der Waals surface area contributed by atoms with E-state index >= 15 is 0 Å². The number of anilines is 1. The number of nitrogens with one attached hydrogen (secondary N) is 2. The van der Waals surface area contributed by atoms with Crippen LogP contribution < -0.4 is 15.4 Å². The third kappa shape index (κ3) is 3.62. The summed E-state index contributed by atoms with van der Waals surface area (Å²) in [6.45, 7) is 2.88. The van der Waals surface area contributed by atoms with Crippen LogP contribution in [0.4, 0.5) is 10.5 Å². The molecule has 4 heteroatoms. The first-order chi connectivity index (χ1) is 10.7. The number of urea groups is 1. The van der Waals surface area contributed by atoms with E-state index in [2.05, 4.69) is 29.7 Å². The summed E-state index contributed by atoms with van der Waals surface area (Å²) in [4.78, 5) is 12.1. The van der Waals surface area contributed by atoms with Crippen LogP contribution >= 0.6 is 0 Å². The van der Waals surface area contributed by atoms with Gasteiger partial charge in [-0.2, -0.15) is 0 Å². The Hall–Kier alpha value is -1.97. The van der Waals surface area contributed by atoms with Crippen molar-refractivity contribution >= 4 is 11.7 Å². The van der Waals surface area contributed by atoms with Gasteiger partial charge in [0.2, 0.25) is 0 Å². The first-order valence-corrected chi connectivity index (χ1v) is 8.23. The number of ether oxygens (including phenoxy) is 1. The van der Waals surface area contributed by atoms with E-state index < -0.39 is 0 Å². The highest BCUT2D eigenvalue weighted by molar-refractivity contribution is 5.89. The lowest BCUT2D eigenvalue weighted by molar-refractivity contribution is 0.246. The number of amides is 2. The Labute approximate surface area is 131 Å². The quantitative estimate of drug-likeness (QED) is 0.617. The highest BCUT2D eigenvalue weighted by Crippen LogP contribution is 2.38. The number of rotatable bonds is 6. The Morgan fingerprint density at radius 3 is 2.68 bits per heavy atom. The van der Waals surface area contributed by atoms with Crippen molar-refractivity contribution in [3.8, 4) is 5.75 Å². The molecular weight excluding hydrogens is 276 g/mol. The molecule has 4 nitrogen and oxygen atoms in total. The minimum absolute atomic E-state index is 0.120. The number of benzene rings is 1. The molecule has 2 N–H and O–H groups in total. The predicted molar refractivity (Wildman–Crippen MR) is 88.1 cm³/mol. The number of carbonyl (C=O) groups excluding carboxylic acids is 1. The molecule has 0 saturated heterocycles. The van der Waals surface area contributed by atoms with E-state index in [0.717, 1.165) is 37.3 Å². The highest BCUT2D eigenvalue weighted by Gasteiger charge is 2.36.